The number of rotatable bonds is 2. The molecule has 2 N–H and O–H groups in total. The fourth-order valence-corrected chi connectivity index (χ4v) is 0.296. The molecule has 0 radical (unpaired) electrons. The lowest BCUT2D eigenvalue weighted by Crippen LogP contribution is -2.27. The van der Waals surface area contributed by atoms with Gasteiger partial charge in [-0.25, -0.2) is 5.84 Å². The van der Waals surface area contributed by atoms with Gasteiger partial charge in [0.2, 0.25) is 0 Å². The van der Waals surface area contributed by atoms with Crippen molar-refractivity contribution in [3.05, 3.63) is 0 Å². The molecule has 0 rings (SSSR count). The lowest BCUT2D eigenvalue weighted by atomic mass is 11.0. The molecular formula is C4H10N4. The molecule has 4 nitrogen and oxygen atoms in total. The van der Waals surface area contributed by atoms with E-state index in [9.17, 15) is 0 Å². The second-order valence-electron chi connectivity index (χ2n) is 1.19. The minimum absolute atomic E-state index is 1.28. The molecule has 0 aromatic rings. The maximum Gasteiger partial charge on any atom is 0.105 e. The van der Waals surface area contributed by atoms with Gasteiger partial charge in [-0.2, -0.15) is 0 Å². The molecular weight excluding hydrogens is 104 g/mol. The SMILES string of the molecule is C/N=C\N(N)/C=N\C. The zero-order chi connectivity index (χ0) is 6.41. The van der Waals surface area contributed by atoms with Crippen LogP contribution in [0.3, 0.4) is 0 Å². The zero-order valence-electron chi connectivity index (χ0n) is 5.07. The van der Waals surface area contributed by atoms with E-state index in [0.29, 0.717) is 0 Å². The van der Waals surface area contributed by atoms with Gasteiger partial charge >= 0.3 is 0 Å². The van der Waals surface area contributed by atoms with Crippen molar-refractivity contribution in [2.24, 2.45) is 15.8 Å². The van der Waals surface area contributed by atoms with Gasteiger partial charge in [-0.1, -0.05) is 0 Å². The summed E-state index contributed by atoms with van der Waals surface area (Å²) >= 11 is 0. The van der Waals surface area contributed by atoms with E-state index in [1.165, 1.54) is 17.7 Å². The predicted octanol–water partition coefficient (Wildman–Crippen LogP) is -0.522. The van der Waals surface area contributed by atoms with Crippen molar-refractivity contribution in [2.75, 3.05) is 14.1 Å². The summed E-state index contributed by atoms with van der Waals surface area (Å²) in [6.45, 7) is 0. The molecule has 0 unspecified atom stereocenters. The van der Waals surface area contributed by atoms with E-state index < -0.39 is 0 Å². The second kappa shape index (κ2) is 4.26. The van der Waals surface area contributed by atoms with Gasteiger partial charge in [-0.15, -0.1) is 0 Å². The van der Waals surface area contributed by atoms with E-state index >= 15 is 0 Å². The lowest BCUT2D eigenvalue weighted by molar-refractivity contribution is 0.692. The van der Waals surface area contributed by atoms with Crippen molar-refractivity contribution in [2.45, 2.75) is 0 Å². The number of hydrazine groups is 1. The lowest BCUT2D eigenvalue weighted by Gasteiger charge is -2.00. The molecule has 0 saturated carbocycles. The first-order valence-corrected chi connectivity index (χ1v) is 2.19. The Hall–Kier alpha value is -0.900. The van der Waals surface area contributed by atoms with E-state index in [2.05, 4.69) is 9.98 Å². The average Bonchev–Trinajstić information content (AvgIpc) is 1.68. The van der Waals surface area contributed by atoms with Crippen LogP contribution in [0.25, 0.3) is 0 Å². The highest BCUT2D eigenvalue weighted by Gasteiger charge is 1.77. The van der Waals surface area contributed by atoms with Crippen LogP contribution in [0.4, 0.5) is 0 Å². The van der Waals surface area contributed by atoms with Crippen molar-refractivity contribution in [3.63, 3.8) is 0 Å². The van der Waals surface area contributed by atoms with Gasteiger partial charge in [0.15, 0.2) is 0 Å². The quantitative estimate of drug-likeness (QED) is 0.227. The molecule has 0 bridgehead atoms. The maximum absolute atomic E-state index is 5.23. The van der Waals surface area contributed by atoms with Crippen LogP contribution in [0.15, 0.2) is 9.98 Å². The molecule has 8 heavy (non-hydrogen) atoms. The molecule has 0 heterocycles. The topological polar surface area (TPSA) is 54.0 Å². The molecule has 0 aliphatic carbocycles. The maximum atomic E-state index is 5.23. The van der Waals surface area contributed by atoms with Crippen molar-refractivity contribution in [3.8, 4) is 0 Å². The standard InChI is InChI=1S/C4H10N4/c1-6-3-8(5)4-7-2/h3-4H,5H2,1-2H3/b6-3-,7-4-. The first-order chi connectivity index (χ1) is 3.81. The van der Waals surface area contributed by atoms with E-state index in [-0.39, 0.29) is 0 Å². The number of hydrogen-bond donors (Lipinski definition) is 1. The third kappa shape index (κ3) is 3.30. The summed E-state index contributed by atoms with van der Waals surface area (Å²) in [6, 6.07) is 0. The Morgan fingerprint density at radius 2 is 1.62 bits per heavy atom. The molecule has 4 heteroatoms. The minimum atomic E-state index is 1.28. The summed E-state index contributed by atoms with van der Waals surface area (Å²) in [4.78, 5) is 7.28. The molecule has 0 atom stereocenters. The first-order valence-electron chi connectivity index (χ1n) is 2.19. The highest BCUT2D eigenvalue weighted by molar-refractivity contribution is 5.73. The van der Waals surface area contributed by atoms with Crippen molar-refractivity contribution < 1.29 is 0 Å². The number of nitrogens with two attached hydrogens (primary N) is 1. The molecule has 0 aliphatic heterocycles. The zero-order valence-corrected chi connectivity index (χ0v) is 5.07. The number of hydrogen-bond acceptors (Lipinski definition) is 3. The van der Waals surface area contributed by atoms with Crippen LogP contribution in [-0.2, 0) is 0 Å². The van der Waals surface area contributed by atoms with Crippen LogP contribution in [0.5, 0.6) is 0 Å². The van der Waals surface area contributed by atoms with Crippen LogP contribution in [0, 0.1) is 0 Å². The summed E-state index contributed by atoms with van der Waals surface area (Å²) in [6.07, 6.45) is 2.93. The van der Waals surface area contributed by atoms with Crippen LogP contribution in [0.2, 0.25) is 0 Å². The fourth-order valence-electron chi connectivity index (χ4n) is 0.296. The molecule has 0 aromatic heterocycles. The highest BCUT2D eigenvalue weighted by atomic mass is 15.4. The largest absolute Gasteiger partial charge is 0.277 e. The van der Waals surface area contributed by atoms with Gasteiger partial charge in [-0.05, 0) is 0 Å². The van der Waals surface area contributed by atoms with Crippen molar-refractivity contribution in [1.29, 1.82) is 0 Å². The molecule has 0 spiro atoms. The summed E-state index contributed by atoms with van der Waals surface area (Å²) in [5, 5.41) is 1.28. The van der Waals surface area contributed by atoms with E-state index in [1.807, 2.05) is 0 Å². The van der Waals surface area contributed by atoms with Crippen LogP contribution in [0.1, 0.15) is 0 Å². The van der Waals surface area contributed by atoms with E-state index in [4.69, 9.17) is 5.84 Å². The fraction of sp³-hybridized carbons (Fsp3) is 0.500. The Balaban J connectivity index is 3.47. The van der Waals surface area contributed by atoms with E-state index in [1.54, 1.807) is 14.1 Å². The number of aliphatic imine (C=N–C) groups is 2. The van der Waals surface area contributed by atoms with Gasteiger partial charge in [-0.3, -0.25) is 15.0 Å². The molecule has 46 valence electrons. The Morgan fingerprint density at radius 1 is 1.25 bits per heavy atom. The third-order valence-electron chi connectivity index (χ3n) is 0.498. The normalized spacial score (nSPS) is 11.4. The average molecular weight is 114 g/mol. The molecule has 0 saturated heterocycles. The van der Waals surface area contributed by atoms with Gasteiger partial charge in [0.1, 0.15) is 12.7 Å². The third-order valence-corrected chi connectivity index (χ3v) is 0.498. The first kappa shape index (κ1) is 7.10. The molecule has 0 aliphatic rings. The number of nitrogens with zero attached hydrogens (tertiary/aromatic N) is 3. The molecule has 0 aromatic carbocycles. The van der Waals surface area contributed by atoms with Crippen LogP contribution >= 0.6 is 0 Å². The van der Waals surface area contributed by atoms with Gasteiger partial charge in [0.25, 0.3) is 0 Å². The minimum Gasteiger partial charge on any atom is -0.277 e. The van der Waals surface area contributed by atoms with Gasteiger partial charge < -0.3 is 0 Å². The summed E-state index contributed by atoms with van der Waals surface area (Å²) < 4.78 is 0. The highest BCUT2D eigenvalue weighted by Crippen LogP contribution is 1.61. The van der Waals surface area contributed by atoms with Crippen LogP contribution < -0.4 is 5.84 Å². The Bertz CT molecular complexity index is 84.2. The van der Waals surface area contributed by atoms with Crippen LogP contribution in [-0.4, -0.2) is 31.8 Å². The molecule has 0 amide bonds. The Labute approximate surface area is 48.7 Å². The van der Waals surface area contributed by atoms with Crippen molar-refractivity contribution >= 4 is 12.7 Å². The predicted molar refractivity (Wildman–Crippen MR) is 34.9 cm³/mol. The summed E-state index contributed by atoms with van der Waals surface area (Å²) in [7, 11) is 3.28. The monoisotopic (exact) mass is 114 g/mol. The Morgan fingerprint density at radius 3 is 1.88 bits per heavy atom. The Kier molecular flexibility index (Phi) is 3.78. The second-order valence-corrected chi connectivity index (χ2v) is 1.19. The summed E-state index contributed by atoms with van der Waals surface area (Å²) in [5.74, 6) is 5.23. The van der Waals surface area contributed by atoms with Crippen molar-refractivity contribution in [1.82, 2.24) is 5.01 Å². The van der Waals surface area contributed by atoms with Gasteiger partial charge in [0, 0.05) is 14.1 Å². The van der Waals surface area contributed by atoms with Gasteiger partial charge in [0.05, 0.1) is 0 Å². The van der Waals surface area contributed by atoms with E-state index in [0.717, 1.165) is 0 Å². The molecule has 0 fully saturated rings. The summed E-state index contributed by atoms with van der Waals surface area (Å²) in [5.41, 5.74) is 0. The smallest absolute Gasteiger partial charge is 0.105 e.